The van der Waals surface area contributed by atoms with Gasteiger partial charge in [0.1, 0.15) is 4.32 Å². The number of unbranched alkanes of at least 4 members (excludes halogenated alkanes) is 1. The number of rotatable bonds is 5. The Labute approximate surface area is 79.1 Å². The smallest absolute Gasteiger partial charge is 0.131 e. The summed E-state index contributed by atoms with van der Waals surface area (Å²) in [6, 6.07) is 0. The molecule has 0 heterocycles. The van der Waals surface area contributed by atoms with Gasteiger partial charge in [-0.1, -0.05) is 50.7 Å². The Morgan fingerprint density at radius 3 is 2.55 bits per heavy atom. The minimum atomic E-state index is 0.591. The molecule has 0 spiro atoms. The lowest BCUT2D eigenvalue weighted by molar-refractivity contribution is 0.672. The molecule has 0 rings (SSSR count). The SMILES string of the molecule is CCCCC(CC)SC(N)=S. The zero-order valence-electron chi connectivity index (χ0n) is 7.30. The highest BCUT2D eigenvalue weighted by atomic mass is 32.2. The van der Waals surface area contributed by atoms with Crippen molar-refractivity contribution >= 4 is 28.3 Å². The average molecular weight is 191 g/mol. The molecule has 0 bridgehead atoms. The van der Waals surface area contributed by atoms with Crippen LogP contribution in [0.3, 0.4) is 0 Å². The predicted molar refractivity (Wildman–Crippen MR) is 58.0 cm³/mol. The van der Waals surface area contributed by atoms with E-state index in [-0.39, 0.29) is 0 Å². The normalized spacial score (nSPS) is 12.9. The molecule has 1 unspecified atom stereocenters. The fraction of sp³-hybridized carbons (Fsp3) is 0.875. The maximum atomic E-state index is 5.44. The highest BCUT2D eigenvalue weighted by Gasteiger charge is 2.06. The van der Waals surface area contributed by atoms with Crippen molar-refractivity contribution in [2.24, 2.45) is 5.73 Å². The fourth-order valence-corrected chi connectivity index (χ4v) is 2.13. The molecule has 1 nitrogen and oxygen atoms in total. The molecule has 0 aromatic heterocycles. The summed E-state index contributed by atoms with van der Waals surface area (Å²) in [5.74, 6) is 0. The topological polar surface area (TPSA) is 26.0 Å². The Morgan fingerprint density at radius 2 is 2.18 bits per heavy atom. The molecule has 0 amide bonds. The lowest BCUT2D eigenvalue weighted by Gasteiger charge is -2.11. The molecule has 0 aromatic rings. The first kappa shape index (κ1) is 11.2. The van der Waals surface area contributed by atoms with E-state index < -0.39 is 0 Å². The summed E-state index contributed by atoms with van der Waals surface area (Å²) >= 11 is 6.48. The van der Waals surface area contributed by atoms with Gasteiger partial charge >= 0.3 is 0 Å². The van der Waals surface area contributed by atoms with Gasteiger partial charge in [-0.3, -0.25) is 0 Å². The van der Waals surface area contributed by atoms with Gasteiger partial charge in [-0.15, -0.1) is 0 Å². The first-order valence-electron chi connectivity index (χ1n) is 4.16. The van der Waals surface area contributed by atoms with Crippen LogP contribution >= 0.6 is 24.0 Å². The average Bonchev–Trinajstić information content (AvgIpc) is 1.97. The van der Waals surface area contributed by atoms with Crippen LogP contribution in [0.25, 0.3) is 0 Å². The highest BCUT2D eigenvalue weighted by Crippen LogP contribution is 2.20. The Bertz CT molecular complexity index is 115. The highest BCUT2D eigenvalue weighted by molar-refractivity contribution is 8.23. The second-order valence-electron chi connectivity index (χ2n) is 2.61. The maximum Gasteiger partial charge on any atom is 0.131 e. The van der Waals surface area contributed by atoms with Crippen molar-refractivity contribution in [2.45, 2.75) is 44.8 Å². The molecule has 0 fully saturated rings. The summed E-state index contributed by atoms with van der Waals surface area (Å²) < 4.78 is 0.591. The Morgan fingerprint density at radius 1 is 1.55 bits per heavy atom. The molecular weight excluding hydrogens is 174 g/mol. The Hall–Kier alpha value is 0.240. The minimum Gasteiger partial charge on any atom is -0.385 e. The molecule has 0 aliphatic heterocycles. The molecule has 0 saturated heterocycles. The van der Waals surface area contributed by atoms with Crippen molar-refractivity contribution in [1.82, 2.24) is 0 Å². The monoisotopic (exact) mass is 191 g/mol. The molecule has 0 radical (unpaired) electrons. The van der Waals surface area contributed by atoms with Gasteiger partial charge in [0, 0.05) is 5.25 Å². The number of hydrogen-bond acceptors (Lipinski definition) is 2. The van der Waals surface area contributed by atoms with Crippen LogP contribution in [0.2, 0.25) is 0 Å². The first-order valence-corrected chi connectivity index (χ1v) is 5.45. The standard InChI is InChI=1S/C8H17NS2/c1-3-5-6-7(4-2)11-8(9)10/h7H,3-6H2,1-2H3,(H2,9,10). The lowest BCUT2D eigenvalue weighted by Crippen LogP contribution is -2.10. The van der Waals surface area contributed by atoms with Gasteiger partial charge in [0.25, 0.3) is 0 Å². The van der Waals surface area contributed by atoms with Gasteiger partial charge in [-0.25, -0.2) is 0 Å². The minimum absolute atomic E-state index is 0.591. The van der Waals surface area contributed by atoms with E-state index in [1.165, 1.54) is 25.7 Å². The summed E-state index contributed by atoms with van der Waals surface area (Å²) in [5.41, 5.74) is 5.44. The van der Waals surface area contributed by atoms with Crippen LogP contribution in [-0.2, 0) is 0 Å². The molecule has 2 N–H and O–H groups in total. The number of nitrogens with two attached hydrogens (primary N) is 1. The van der Waals surface area contributed by atoms with Crippen LogP contribution in [0.15, 0.2) is 0 Å². The maximum absolute atomic E-state index is 5.44. The van der Waals surface area contributed by atoms with Crippen LogP contribution in [0.5, 0.6) is 0 Å². The molecule has 0 aromatic carbocycles. The van der Waals surface area contributed by atoms with Crippen molar-refractivity contribution in [3.8, 4) is 0 Å². The third-order valence-corrected chi connectivity index (χ3v) is 3.04. The van der Waals surface area contributed by atoms with Gasteiger partial charge in [-0.05, 0) is 12.8 Å². The van der Waals surface area contributed by atoms with Crippen molar-refractivity contribution < 1.29 is 0 Å². The molecule has 11 heavy (non-hydrogen) atoms. The third-order valence-electron chi connectivity index (χ3n) is 1.62. The molecule has 1 atom stereocenters. The third kappa shape index (κ3) is 6.63. The van der Waals surface area contributed by atoms with Crippen LogP contribution in [0.1, 0.15) is 39.5 Å². The zero-order valence-corrected chi connectivity index (χ0v) is 8.93. The van der Waals surface area contributed by atoms with Crippen molar-refractivity contribution in [3.63, 3.8) is 0 Å². The van der Waals surface area contributed by atoms with Gasteiger partial charge in [0.05, 0.1) is 0 Å². The van der Waals surface area contributed by atoms with Gasteiger partial charge < -0.3 is 5.73 Å². The zero-order chi connectivity index (χ0) is 8.69. The van der Waals surface area contributed by atoms with Crippen LogP contribution < -0.4 is 5.73 Å². The van der Waals surface area contributed by atoms with E-state index in [0.717, 1.165) is 0 Å². The Balaban J connectivity index is 3.49. The van der Waals surface area contributed by atoms with Gasteiger partial charge in [-0.2, -0.15) is 0 Å². The van der Waals surface area contributed by atoms with E-state index in [0.29, 0.717) is 9.57 Å². The van der Waals surface area contributed by atoms with Crippen molar-refractivity contribution in [2.75, 3.05) is 0 Å². The quantitative estimate of drug-likeness (QED) is 0.677. The summed E-state index contributed by atoms with van der Waals surface area (Å²) in [5, 5.41) is 0.646. The van der Waals surface area contributed by atoms with E-state index in [1.54, 1.807) is 11.8 Å². The molecular formula is C8H17NS2. The first-order chi connectivity index (χ1) is 5.20. The fourth-order valence-electron chi connectivity index (χ4n) is 0.942. The Kier molecular flexibility index (Phi) is 7.07. The van der Waals surface area contributed by atoms with Crippen LogP contribution in [0, 0.1) is 0 Å². The van der Waals surface area contributed by atoms with E-state index in [4.69, 9.17) is 18.0 Å². The van der Waals surface area contributed by atoms with Crippen LogP contribution in [-0.4, -0.2) is 9.57 Å². The second kappa shape index (κ2) is 6.92. The summed E-state index contributed by atoms with van der Waals surface area (Å²) in [7, 11) is 0. The molecule has 0 aliphatic carbocycles. The molecule has 66 valence electrons. The van der Waals surface area contributed by atoms with E-state index >= 15 is 0 Å². The molecule has 0 saturated carbocycles. The van der Waals surface area contributed by atoms with E-state index in [1.807, 2.05) is 0 Å². The van der Waals surface area contributed by atoms with Crippen molar-refractivity contribution in [1.29, 1.82) is 0 Å². The largest absolute Gasteiger partial charge is 0.385 e. The van der Waals surface area contributed by atoms with Gasteiger partial charge in [0.15, 0.2) is 0 Å². The number of thioether (sulfide) groups is 1. The summed E-state index contributed by atoms with van der Waals surface area (Å²) in [6.07, 6.45) is 4.96. The molecule has 0 aliphatic rings. The predicted octanol–water partition coefficient (Wildman–Crippen LogP) is 2.93. The number of hydrogen-bond donors (Lipinski definition) is 1. The van der Waals surface area contributed by atoms with E-state index in [9.17, 15) is 0 Å². The molecule has 3 heteroatoms. The number of thiocarbonyl (C=S) groups is 1. The van der Waals surface area contributed by atoms with Crippen LogP contribution in [0.4, 0.5) is 0 Å². The van der Waals surface area contributed by atoms with E-state index in [2.05, 4.69) is 13.8 Å². The van der Waals surface area contributed by atoms with Crippen molar-refractivity contribution in [3.05, 3.63) is 0 Å². The van der Waals surface area contributed by atoms with Gasteiger partial charge in [0.2, 0.25) is 0 Å². The second-order valence-corrected chi connectivity index (χ2v) is 4.65. The lowest BCUT2D eigenvalue weighted by atomic mass is 10.2. The summed E-state index contributed by atoms with van der Waals surface area (Å²) in [6.45, 7) is 4.39. The summed E-state index contributed by atoms with van der Waals surface area (Å²) in [4.78, 5) is 0.